The van der Waals surface area contributed by atoms with Crippen molar-refractivity contribution < 1.29 is 27.1 Å². The number of anilines is 1. The first-order chi connectivity index (χ1) is 25.8. The number of morpholine rings is 1. The van der Waals surface area contributed by atoms with Crippen LogP contribution in [0.4, 0.5) is 10.1 Å². The Morgan fingerprint density at radius 3 is 2.38 bits per heavy atom. The van der Waals surface area contributed by atoms with Crippen LogP contribution >= 0.6 is 0 Å². The summed E-state index contributed by atoms with van der Waals surface area (Å²) in [5.74, 6) is 0.00589. The first-order valence-electron chi connectivity index (χ1n) is 18.5. The van der Waals surface area contributed by atoms with Crippen molar-refractivity contribution in [2.24, 2.45) is 5.92 Å². The van der Waals surface area contributed by atoms with Gasteiger partial charge in [0, 0.05) is 56.1 Å². The predicted molar refractivity (Wildman–Crippen MR) is 206 cm³/mol. The second kappa shape index (κ2) is 17.0. The Kier molecular flexibility index (Phi) is 11.8. The summed E-state index contributed by atoms with van der Waals surface area (Å²) in [4.78, 5) is 18.5. The maximum absolute atomic E-state index is 14.6. The van der Waals surface area contributed by atoms with E-state index in [-0.39, 0.29) is 29.3 Å². The lowest BCUT2D eigenvalue weighted by Crippen LogP contribution is -2.45. The van der Waals surface area contributed by atoms with Gasteiger partial charge in [-0.15, -0.1) is 0 Å². The van der Waals surface area contributed by atoms with Crippen molar-refractivity contribution in [2.75, 3.05) is 50.9 Å². The van der Waals surface area contributed by atoms with Crippen LogP contribution in [-0.4, -0.2) is 75.6 Å². The lowest BCUT2D eigenvalue weighted by atomic mass is 9.85. The largest absolute Gasteiger partial charge is 0.492 e. The summed E-state index contributed by atoms with van der Waals surface area (Å²) < 4.78 is 56.4. The molecule has 1 amide bonds. The van der Waals surface area contributed by atoms with Gasteiger partial charge in [0.25, 0.3) is 5.91 Å². The zero-order valence-corrected chi connectivity index (χ0v) is 30.7. The smallest absolute Gasteiger partial charge is 0.258 e. The average Bonchev–Trinajstić information content (AvgIpc) is 3.20. The van der Waals surface area contributed by atoms with Gasteiger partial charge in [0.05, 0.1) is 18.1 Å². The Morgan fingerprint density at radius 1 is 0.830 bits per heavy atom. The molecule has 1 aliphatic carbocycles. The van der Waals surface area contributed by atoms with E-state index in [2.05, 4.69) is 4.90 Å². The van der Waals surface area contributed by atoms with Crippen LogP contribution in [0.3, 0.4) is 0 Å². The zero-order valence-electron chi connectivity index (χ0n) is 29.9. The molecule has 2 aliphatic rings. The summed E-state index contributed by atoms with van der Waals surface area (Å²) in [5.41, 5.74) is 1.97. The quantitative estimate of drug-likeness (QED) is 0.123. The van der Waals surface area contributed by atoms with E-state index in [0.717, 1.165) is 62.0 Å². The van der Waals surface area contributed by atoms with Crippen molar-refractivity contribution >= 4 is 32.4 Å². The van der Waals surface area contributed by atoms with Crippen molar-refractivity contribution in [2.45, 2.75) is 43.2 Å². The summed E-state index contributed by atoms with van der Waals surface area (Å²) >= 11 is 0. The van der Waals surface area contributed by atoms with Gasteiger partial charge in [-0.05, 0) is 90.0 Å². The van der Waals surface area contributed by atoms with Crippen molar-refractivity contribution in [3.63, 3.8) is 0 Å². The molecule has 1 aliphatic heterocycles. The minimum absolute atomic E-state index is 0.00844. The number of carbonyl (C=O) groups is 1. The third kappa shape index (κ3) is 9.13. The van der Waals surface area contributed by atoms with Gasteiger partial charge >= 0.3 is 0 Å². The fourth-order valence-corrected chi connectivity index (χ4v) is 9.19. The number of rotatable bonds is 13. The lowest BCUT2D eigenvalue weighted by Gasteiger charge is -2.38. The van der Waals surface area contributed by atoms with Crippen LogP contribution in [0.15, 0.2) is 126 Å². The van der Waals surface area contributed by atoms with Crippen molar-refractivity contribution in [3.05, 3.63) is 138 Å². The number of carbonyl (C=O) groups excluding carboxylic acids is 1. The second-order valence-corrected chi connectivity index (χ2v) is 15.8. The molecule has 276 valence electrons. The SMILES string of the molecule is O=C(c1ccc(F)cc1)N(CC1CCCC(N(Cc2ccccc2)S(=O)(=O)c2ccc3ccccc3c2)C1)c1cccc(OCCN2CCOCC2)c1. The number of nitrogens with zero attached hydrogens (tertiary/aromatic N) is 3. The normalized spacial score (nSPS) is 18.2. The molecule has 1 saturated heterocycles. The van der Waals surface area contributed by atoms with Crippen LogP contribution in [0.5, 0.6) is 5.75 Å². The third-order valence-electron chi connectivity index (χ3n) is 10.4. The first-order valence-corrected chi connectivity index (χ1v) is 19.9. The lowest BCUT2D eigenvalue weighted by molar-refractivity contribution is 0.0322. The van der Waals surface area contributed by atoms with Crippen LogP contribution in [0.1, 0.15) is 41.6 Å². The zero-order chi connectivity index (χ0) is 36.6. The van der Waals surface area contributed by atoms with Crippen molar-refractivity contribution in [1.82, 2.24) is 9.21 Å². The molecule has 1 heterocycles. The third-order valence-corrected chi connectivity index (χ3v) is 12.3. The standard InChI is InChI=1S/C43H46FN3O5S/c44-38-19-16-36(17-20-38)43(48)46(39-13-7-15-41(30-39)52-27-24-45-22-25-51-26-23-45)31-34-10-6-14-40(28-34)47(32-33-8-2-1-3-9-33)53(49,50)42-21-18-35-11-4-5-12-37(35)29-42/h1-5,7-9,11-13,15-21,29-30,34,40H,6,10,14,22-28,31-32H2. The number of hydrogen-bond acceptors (Lipinski definition) is 6. The summed E-state index contributed by atoms with van der Waals surface area (Å²) in [6.07, 6.45) is 2.96. The second-order valence-electron chi connectivity index (χ2n) is 14.0. The number of ether oxygens (including phenoxy) is 2. The molecule has 10 heteroatoms. The molecule has 0 bridgehead atoms. The Morgan fingerprint density at radius 2 is 1.58 bits per heavy atom. The molecule has 0 aromatic heterocycles. The van der Waals surface area contributed by atoms with E-state index < -0.39 is 15.8 Å². The van der Waals surface area contributed by atoms with Gasteiger partial charge in [-0.1, -0.05) is 73.2 Å². The van der Waals surface area contributed by atoms with E-state index in [0.29, 0.717) is 43.0 Å². The summed E-state index contributed by atoms with van der Waals surface area (Å²) in [5, 5.41) is 1.85. The van der Waals surface area contributed by atoms with Crippen LogP contribution in [-0.2, 0) is 21.3 Å². The van der Waals surface area contributed by atoms with E-state index >= 15 is 0 Å². The van der Waals surface area contributed by atoms with Gasteiger partial charge in [-0.2, -0.15) is 4.31 Å². The molecule has 1 saturated carbocycles. The molecule has 0 radical (unpaired) electrons. The van der Waals surface area contributed by atoms with Gasteiger partial charge in [0.1, 0.15) is 18.2 Å². The summed E-state index contributed by atoms with van der Waals surface area (Å²) in [7, 11) is -3.89. The number of benzene rings is 5. The maximum atomic E-state index is 14.6. The molecular formula is C43H46FN3O5S. The predicted octanol–water partition coefficient (Wildman–Crippen LogP) is 7.79. The number of hydrogen-bond donors (Lipinski definition) is 0. The Labute approximate surface area is 311 Å². The first kappa shape index (κ1) is 36.7. The highest BCUT2D eigenvalue weighted by Gasteiger charge is 2.36. The van der Waals surface area contributed by atoms with Gasteiger partial charge in [0.2, 0.25) is 10.0 Å². The molecule has 2 unspecified atom stereocenters. The van der Waals surface area contributed by atoms with Crippen molar-refractivity contribution in [3.8, 4) is 5.75 Å². The van der Waals surface area contributed by atoms with Crippen LogP contribution in [0, 0.1) is 11.7 Å². The Balaban J connectivity index is 1.15. The summed E-state index contributed by atoms with van der Waals surface area (Å²) in [6.45, 7) is 5.08. The Hall–Kier alpha value is -4.61. The van der Waals surface area contributed by atoms with Crippen LogP contribution < -0.4 is 9.64 Å². The topological polar surface area (TPSA) is 79.4 Å². The molecule has 7 rings (SSSR count). The van der Waals surface area contributed by atoms with E-state index in [9.17, 15) is 17.6 Å². The average molecular weight is 736 g/mol. The Bertz CT molecular complexity index is 2090. The van der Waals surface area contributed by atoms with Gasteiger partial charge in [-0.3, -0.25) is 9.69 Å². The number of fused-ring (bicyclic) bond motifs is 1. The van der Waals surface area contributed by atoms with E-state index in [4.69, 9.17) is 9.47 Å². The number of halogens is 1. The minimum Gasteiger partial charge on any atom is -0.492 e. The fourth-order valence-electron chi connectivity index (χ4n) is 7.50. The van der Waals surface area contributed by atoms with Crippen molar-refractivity contribution in [1.29, 1.82) is 0 Å². The highest BCUT2D eigenvalue weighted by Crippen LogP contribution is 2.35. The molecule has 2 atom stereocenters. The number of sulfonamides is 1. The van der Waals surface area contributed by atoms with E-state index in [1.54, 1.807) is 21.3 Å². The van der Waals surface area contributed by atoms with E-state index in [1.165, 1.54) is 24.3 Å². The minimum atomic E-state index is -3.89. The van der Waals surface area contributed by atoms with Gasteiger partial charge in [-0.25, -0.2) is 12.8 Å². The molecule has 2 fully saturated rings. The molecule has 0 N–H and O–H groups in total. The monoisotopic (exact) mass is 735 g/mol. The molecule has 53 heavy (non-hydrogen) atoms. The molecule has 8 nitrogen and oxygen atoms in total. The summed E-state index contributed by atoms with van der Waals surface area (Å²) in [6, 6.07) is 35.7. The van der Waals surface area contributed by atoms with Gasteiger partial charge < -0.3 is 14.4 Å². The molecule has 5 aromatic carbocycles. The molecule has 0 spiro atoms. The van der Waals surface area contributed by atoms with E-state index in [1.807, 2.05) is 84.9 Å². The molecule has 5 aromatic rings. The highest BCUT2D eigenvalue weighted by molar-refractivity contribution is 7.89. The van der Waals surface area contributed by atoms with Gasteiger partial charge in [0.15, 0.2) is 0 Å². The highest BCUT2D eigenvalue weighted by atomic mass is 32.2. The van der Waals surface area contributed by atoms with Crippen LogP contribution in [0.25, 0.3) is 10.8 Å². The maximum Gasteiger partial charge on any atom is 0.258 e. The fraction of sp³-hybridized carbons (Fsp3) is 0.326. The number of amides is 1. The molecular weight excluding hydrogens is 690 g/mol. The van der Waals surface area contributed by atoms with Crippen LogP contribution in [0.2, 0.25) is 0 Å².